The maximum Gasteiger partial charge on any atom is 0.429 e. The van der Waals surface area contributed by atoms with E-state index in [0.29, 0.717) is 29.5 Å². The van der Waals surface area contributed by atoms with Crippen LogP contribution >= 0.6 is 0 Å². The minimum atomic E-state index is -4.17. The minimum Gasteiger partial charge on any atom is -0.494 e. The van der Waals surface area contributed by atoms with Gasteiger partial charge >= 0.3 is 6.11 Å². The van der Waals surface area contributed by atoms with Crippen molar-refractivity contribution >= 4 is 0 Å². The van der Waals surface area contributed by atoms with Crippen molar-refractivity contribution in [3.05, 3.63) is 131 Å². The zero-order valence-corrected chi connectivity index (χ0v) is 24.2. The normalized spacial score (nSPS) is 11.3. The van der Waals surface area contributed by atoms with Gasteiger partial charge in [-0.25, -0.2) is 22.0 Å². The van der Waals surface area contributed by atoms with E-state index in [2.05, 4.69) is 0 Å². The zero-order chi connectivity index (χ0) is 33.0. The number of ether oxygens (including phenoxy) is 2. The fraction of sp³-hybridized carbons (Fsp3) is 0.139. The number of halogens is 7. The first-order valence-electron chi connectivity index (χ1n) is 14.1. The number of benzene rings is 5. The molecule has 0 fully saturated rings. The maximum absolute atomic E-state index is 15.0. The molecule has 0 saturated carbocycles. The van der Waals surface area contributed by atoms with Crippen molar-refractivity contribution in [2.45, 2.75) is 25.9 Å². The van der Waals surface area contributed by atoms with Gasteiger partial charge in [0.2, 0.25) is 0 Å². The number of nitriles is 1. The van der Waals surface area contributed by atoms with Gasteiger partial charge in [-0.05, 0) is 83.3 Å². The van der Waals surface area contributed by atoms with E-state index in [-0.39, 0.29) is 22.3 Å². The zero-order valence-electron chi connectivity index (χ0n) is 24.2. The van der Waals surface area contributed by atoms with Gasteiger partial charge < -0.3 is 9.47 Å². The van der Waals surface area contributed by atoms with Crippen LogP contribution in [-0.2, 0) is 6.11 Å². The summed E-state index contributed by atoms with van der Waals surface area (Å²) in [6.45, 7) is 2.59. The second-order valence-corrected chi connectivity index (χ2v) is 10.3. The van der Waals surface area contributed by atoms with E-state index >= 15 is 13.2 Å². The topological polar surface area (TPSA) is 42.2 Å². The summed E-state index contributed by atoms with van der Waals surface area (Å²) < 4.78 is 113. The van der Waals surface area contributed by atoms with Crippen LogP contribution in [0.25, 0.3) is 33.4 Å². The molecule has 5 aromatic rings. The van der Waals surface area contributed by atoms with Crippen molar-refractivity contribution in [3.8, 4) is 50.9 Å². The fourth-order valence-corrected chi connectivity index (χ4v) is 4.76. The Morgan fingerprint density at radius 2 is 1.15 bits per heavy atom. The summed E-state index contributed by atoms with van der Waals surface area (Å²) in [7, 11) is 0. The molecule has 10 heteroatoms. The minimum absolute atomic E-state index is 0.00571. The molecule has 5 aromatic carbocycles. The second kappa shape index (κ2) is 13.4. The average Bonchev–Trinajstić information content (AvgIpc) is 3.01. The van der Waals surface area contributed by atoms with E-state index < -0.39 is 52.1 Å². The van der Waals surface area contributed by atoms with Gasteiger partial charge in [0, 0.05) is 17.2 Å². The number of rotatable bonds is 10. The van der Waals surface area contributed by atoms with Crippen LogP contribution in [0.2, 0.25) is 0 Å². The number of unbranched alkanes of at least 4 members (excludes halogenated alkanes) is 1. The number of alkyl halides is 2. The first kappa shape index (κ1) is 32.1. The molecule has 0 aliphatic heterocycles. The van der Waals surface area contributed by atoms with Crippen molar-refractivity contribution in [1.29, 1.82) is 5.26 Å². The van der Waals surface area contributed by atoms with Gasteiger partial charge in [0.15, 0.2) is 0 Å². The van der Waals surface area contributed by atoms with Gasteiger partial charge in [-0.15, -0.1) is 0 Å². The SMILES string of the molecule is CCCCOc1ccc(-c2ccc(C(F)(F)Oc3ccc(-c4ccc(-c5cc(F)c(C#N)c(F)c5)c(F)c4)c(F)c3)c(F)c2)cc1. The van der Waals surface area contributed by atoms with Gasteiger partial charge in [0.25, 0.3) is 0 Å². The lowest BCUT2D eigenvalue weighted by Gasteiger charge is -2.20. The summed E-state index contributed by atoms with van der Waals surface area (Å²) in [5, 5.41) is 8.83. The highest BCUT2D eigenvalue weighted by Gasteiger charge is 2.38. The number of hydrogen-bond donors (Lipinski definition) is 0. The van der Waals surface area contributed by atoms with Crippen LogP contribution in [0.1, 0.15) is 30.9 Å². The molecule has 5 rings (SSSR count). The van der Waals surface area contributed by atoms with E-state index in [0.717, 1.165) is 61.4 Å². The summed E-state index contributed by atoms with van der Waals surface area (Å²) in [4.78, 5) is 0. The van der Waals surface area contributed by atoms with Crippen LogP contribution in [0, 0.1) is 40.4 Å². The van der Waals surface area contributed by atoms with Crippen LogP contribution in [0.15, 0.2) is 91.0 Å². The largest absolute Gasteiger partial charge is 0.494 e. The van der Waals surface area contributed by atoms with Crippen molar-refractivity contribution in [1.82, 2.24) is 0 Å². The van der Waals surface area contributed by atoms with E-state index in [1.54, 1.807) is 24.3 Å². The Labute approximate surface area is 260 Å². The van der Waals surface area contributed by atoms with Gasteiger partial charge in [0.1, 0.15) is 52.2 Å². The first-order valence-corrected chi connectivity index (χ1v) is 14.1. The Balaban J connectivity index is 1.32. The highest BCUT2D eigenvalue weighted by Crippen LogP contribution is 2.37. The van der Waals surface area contributed by atoms with Crippen LogP contribution < -0.4 is 9.47 Å². The quantitative estimate of drug-likeness (QED) is 0.113. The third kappa shape index (κ3) is 6.84. The summed E-state index contributed by atoms with van der Waals surface area (Å²) in [6.07, 6.45) is -2.30. The molecule has 0 spiro atoms. The van der Waals surface area contributed by atoms with E-state index in [1.165, 1.54) is 18.2 Å². The van der Waals surface area contributed by atoms with E-state index in [1.807, 2.05) is 6.92 Å². The average molecular weight is 636 g/mol. The van der Waals surface area contributed by atoms with Crippen LogP contribution in [-0.4, -0.2) is 6.61 Å². The lowest BCUT2D eigenvalue weighted by Crippen LogP contribution is -2.23. The molecule has 0 amide bonds. The molecular formula is C36H24F7NO2. The van der Waals surface area contributed by atoms with Crippen molar-refractivity contribution in [2.24, 2.45) is 0 Å². The molecule has 234 valence electrons. The monoisotopic (exact) mass is 635 g/mol. The number of hydrogen-bond acceptors (Lipinski definition) is 3. The highest BCUT2D eigenvalue weighted by molar-refractivity contribution is 5.72. The number of nitrogens with zero attached hydrogens (tertiary/aromatic N) is 1. The molecule has 46 heavy (non-hydrogen) atoms. The summed E-state index contributed by atoms with van der Waals surface area (Å²) in [6, 6.07) is 18.9. The molecule has 0 aliphatic rings. The van der Waals surface area contributed by atoms with E-state index in [9.17, 15) is 17.6 Å². The molecule has 0 bridgehead atoms. The lowest BCUT2D eigenvalue weighted by molar-refractivity contribution is -0.187. The molecule has 0 radical (unpaired) electrons. The Morgan fingerprint density at radius 1 is 0.609 bits per heavy atom. The standard InChI is InChI=1S/C36H24F7NO2/c1-2-3-14-45-25-8-4-21(5-9-25)22-7-13-30(35(41)15-22)36(42,43)46-26-10-12-27(34(40)19-26)23-6-11-28(31(37)16-23)24-17-32(38)29(20-44)33(39)18-24/h4-13,15-19H,2-3,14H2,1H3. The smallest absolute Gasteiger partial charge is 0.429 e. The Kier molecular flexibility index (Phi) is 9.33. The van der Waals surface area contributed by atoms with Crippen molar-refractivity contribution in [2.75, 3.05) is 6.61 Å². The Morgan fingerprint density at radius 3 is 1.76 bits per heavy atom. The van der Waals surface area contributed by atoms with Crippen LogP contribution in [0.3, 0.4) is 0 Å². The van der Waals surface area contributed by atoms with Crippen molar-refractivity contribution < 1.29 is 40.2 Å². The van der Waals surface area contributed by atoms with E-state index in [4.69, 9.17) is 14.7 Å². The first-order chi connectivity index (χ1) is 22.0. The predicted molar refractivity (Wildman–Crippen MR) is 159 cm³/mol. The molecule has 3 nitrogen and oxygen atoms in total. The van der Waals surface area contributed by atoms with Crippen LogP contribution in [0.4, 0.5) is 30.7 Å². The summed E-state index contributed by atoms with van der Waals surface area (Å²) in [5.74, 6) is -5.57. The summed E-state index contributed by atoms with van der Waals surface area (Å²) >= 11 is 0. The molecular weight excluding hydrogens is 611 g/mol. The maximum atomic E-state index is 15.0. The second-order valence-electron chi connectivity index (χ2n) is 10.3. The van der Waals surface area contributed by atoms with Gasteiger partial charge in [-0.1, -0.05) is 43.7 Å². The molecule has 0 heterocycles. The Hall–Kier alpha value is -5.30. The molecule has 0 atom stereocenters. The molecule has 0 aromatic heterocycles. The fourth-order valence-electron chi connectivity index (χ4n) is 4.76. The third-order valence-electron chi connectivity index (χ3n) is 7.17. The third-order valence-corrected chi connectivity index (χ3v) is 7.17. The summed E-state index contributed by atoms with van der Waals surface area (Å²) in [5.41, 5.74) is -1.54. The molecule has 0 unspecified atom stereocenters. The van der Waals surface area contributed by atoms with Gasteiger partial charge in [0.05, 0.1) is 12.2 Å². The van der Waals surface area contributed by atoms with Crippen LogP contribution in [0.5, 0.6) is 11.5 Å². The Bertz CT molecular complexity index is 1910. The molecule has 0 aliphatic carbocycles. The highest BCUT2D eigenvalue weighted by atomic mass is 19.3. The van der Waals surface area contributed by atoms with Gasteiger partial charge in [-0.2, -0.15) is 14.0 Å². The van der Waals surface area contributed by atoms with Crippen molar-refractivity contribution in [3.63, 3.8) is 0 Å². The van der Waals surface area contributed by atoms with Gasteiger partial charge in [-0.3, -0.25) is 0 Å². The molecule has 0 N–H and O–H groups in total. The molecule has 0 saturated heterocycles. The predicted octanol–water partition coefficient (Wildman–Crippen LogP) is 10.6. The lowest BCUT2D eigenvalue weighted by atomic mass is 9.98.